The Bertz CT molecular complexity index is 514. The van der Waals surface area contributed by atoms with Crippen LogP contribution >= 0.6 is 0 Å². The van der Waals surface area contributed by atoms with Gasteiger partial charge in [0.15, 0.2) is 0 Å². The summed E-state index contributed by atoms with van der Waals surface area (Å²) in [5, 5.41) is 0. The number of fused-ring (bicyclic) bond motifs is 1. The third-order valence-electron chi connectivity index (χ3n) is 4.45. The topological polar surface area (TPSA) is 40.6 Å². The molecule has 0 radical (unpaired) electrons. The van der Waals surface area contributed by atoms with Crippen LogP contribution in [-0.2, 0) is 9.59 Å². The highest BCUT2D eigenvalue weighted by atomic mass is 16.2. The van der Waals surface area contributed by atoms with Gasteiger partial charge >= 0.3 is 0 Å². The van der Waals surface area contributed by atoms with Gasteiger partial charge in [0.2, 0.25) is 11.8 Å². The monoisotopic (exact) mass is 272 g/mol. The lowest BCUT2D eigenvalue weighted by Gasteiger charge is -2.44. The molecular formula is C16H20N2O2. The van der Waals surface area contributed by atoms with Crippen molar-refractivity contribution < 1.29 is 9.59 Å². The van der Waals surface area contributed by atoms with Gasteiger partial charge in [-0.1, -0.05) is 30.3 Å². The lowest BCUT2D eigenvalue weighted by molar-refractivity contribution is -0.159. The molecule has 2 fully saturated rings. The van der Waals surface area contributed by atoms with Crippen LogP contribution in [0, 0.1) is 0 Å². The van der Waals surface area contributed by atoms with Crippen molar-refractivity contribution in [2.24, 2.45) is 0 Å². The van der Waals surface area contributed by atoms with E-state index in [1.807, 2.05) is 37.3 Å². The number of hydrogen-bond donors (Lipinski definition) is 0. The van der Waals surface area contributed by atoms with Crippen LogP contribution in [0.1, 0.15) is 37.8 Å². The predicted molar refractivity (Wildman–Crippen MR) is 75.9 cm³/mol. The molecule has 106 valence electrons. The van der Waals surface area contributed by atoms with Crippen molar-refractivity contribution in [3.8, 4) is 0 Å². The lowest BCUT2D eigenvalue weighted by Crippen LogP contribution is -2.61. The van der Waals surface area contributed by atoms with E-state index in [1.54, 1.807) is 9.80 Å². The van der Waals surface area contributed by atoms with Crippen molar-refractivity contribution in [1.29, 1.82) is 0 Å². The molecule has 1 aromatic carbocycles. The van der Waals surface area contributed by atoms with E-state index >= 15 is 0 Å². The molecule has 0 saturated carbocycles. The van der Waals surface area contributed by atoms with Crippen LogP contribution in [0.2, 0.25) is 0 Å². The minimum atomic E-state index is -0.226. The summed E-state index contributed by atoms with van der Waals surface area (Å²) in [6.07, 6.45) is 2.86. The molecular weight excluding hydrogens is 252 g/mol. The zero-order valence-electron chi connectivity index (χ0n) is 11.8. The minimum Gasteiger partial charge on any atom is -0.329 e. The van der Waals surface area contributed by atoms with Crippen LogP contribution in [0.3, 0.4) is 0 Å². The zero-order valence-corrected chi connectivity index (χ0v) is 11.8. The Morgan fingerprint density at radius 1 is 1.15 bits per heavy atom. The summed E-state index contributed by atoms with van der Waals surface area (Å²) in [5.41, 5.74) is 1.08. The van der Waals surface area contributed by atoms with Crippen molar-refractivity contribution in [3.05, 3.63) is 35.9 Å². The highest BCUT2D eigenvalue weighted by Gasteiger charge is 2.41. The highest BCUT2D eigenvalue weighted by molar-refractivity contribution is 5.95. The number of hydrogen-bond acceptors (Lipinski definition) is 2. The smallest absolute Gasteiger partial charge is 0.246 e. The molecule has 4 nitrogen and oxygen atoms in total. The molecule has 2 atom stereocenters. The van der Waals surface area contributed by atoms with E-state index in [4.69, 9.17) is 0 Å². The molecule has 0 aromatic heterocycles. The summed E-state index contributed by atoms with van der Waals surface area (Å²) < 4.78 is 0. The largest absolute Gasteiger partial charge is 0.329 e. The van der Waals surface area contributed by atoms with Gasteiger partial charge in [0, 0.05) is 6.54 Å². The van der Waals surface area contributed by atoms with E-state index in [0.29, 0.717) is 0 Å². The maximum Gasteiger partial charge on any atom is 0.246 e. The number of rotatable bonds is 2. The average molecular weight is 272 g/mol. The molecule has 2 amide bonds. The van der Waals surface area contributed by atoms with Crippen molar-refractivity contribution >= 4 is 11.8 Å². The number of piperazine rings is 1. The van der Waals surface area contributed by atoms with Crippen LogP contribution in [0.25, 0.3) is 0 Å². The second kappa shape index (κ2) is 5.27. The predicted octanol–water partition coefficient (Wildman–Crippen LogP) is 1.97. The SMILES string of the molecule is CC(c1ccccc1)N1CC(=O)N2CCCCC2C1=O. The Morgan fingerprint density at radius 2 is 1.90 bits per heavy atom. The molecule has 2 unspecified atom stereocenters. The van der Waals surface area contributed by atoms with Gasteiger partial charge in [-0.15, -0.1) is 0 Å². The Morgan fingerprint density at radius 3 is 2.65 bits per heavy atom. The van der Waals surface area contributed by atoms with E-state index in [9.17, 15) is 9.59 Å². The number of carbonyl (C=O) groups is 2. The molecule has 0 spiro atoms. The number of nitrogens with zero attached hydrogens (tertiary/aromatic N) is 2. The summed E-state index contributed by atoms with van der Waals surface area (Å²) >= 11 is 0. The summed E-state index contributed by atoms with van der Waals surface area (Å²) in [5.74, 6) is 0.206. The molecule has 2 heterocycles. The molecule has 4 heteroatoms. The quantitative estimate of drug-likeness (QED) is 0.826. The molecule has 0 bridgehead atoms. The van der Waals surface area contributed by atoms with Gasteiger partial charge in [0.05, 0.1) is 6.04 Å². The fraction of sp³-hybridized carbons (Fsp3) is 0.500. The van der Waals surface area contributed by atoms with Crippen molar-refractivity contribution in [2.75, 3.05) is 13.1 Å². The van der Waals surface area contributed by atoms with Crippen LogP contribution in [0.15, 0.2) is 30.3 Å². The van der Waals surface area contributed by atoms with Gasteiger partial charge in [0.1, 0.15) is 12.6 Å². The molecule has 2 saturated heterocycles. The Hall–Kier alpha value is -1.84. The van der Waals surface area contributed by atoms with E-state index in [0.717, 1.165) is 31.4 Å². The Balaban J connectivity index is 1.83. The fourth-order valence-electron chi connectivity index (χ4n) is 3.23. The van der Waals surface area contributed by atoms with E-state index in [2.05, 4.69) is 0 Å². The van der Waals surface area contributed by atoms with Gasteiger partial charge in [-0.25, -0.2) is 0 Å². The number of piperidine rings is 1. The van der Waals surface area contributed by atoms with Gasteiger partial charge in [-0.05, 0) is 31.7 Å². The fourth-order valence-corrected chi connectivity index (χ4v) is 3.23. The van der Waals surface area contributed by atoms with Crippen LogP contribution < -0.4 is 0 Å². The maximum absolute atomic E-state index is 12.7. The third kappa shape index (κ3) is 2.19. The van der Waals surface area contributed by atoms with Crippen LogP contribution in [0.4, 0.5) is 0 Å². The van der Waals surface area contributed by atoms with Crippen molar-refractivity contribution in [2.45, 2.75) is 38.3 Å². The Labute approximate surface area is 119 Å². The molecule has 0 N–H and O–H groups in total. The molecule has 0 aliphatic carbocycles. The number of benzene rings is 1. The summed E-state index contributed by atoms with van der Waals surface area (Å²) in [6, 6.07) is 9.64. The van der Waals surface area contributed by atoms with Crippen molar-refractivity contribution in [1.82, 2.24) is 9.80 Å². The molecule has 3 rings (SSSR count). The second-order valence-corrected chi connectivity index (χ2v) is 5.65. The first-order valence-corrected chi connectivity index (χ1v) is 7.33. The number of amides is 2. The van der Waals surface area contributed by atoms with E-state index in [1.165, 1.54) is 0 Å². The van der Waals surface area contributed by atoms with E-state index < -0.39 is 0 Å². The second-order valence-electron chi connectivity index (χ2n) is 5.65. The van der Waals surface area contributed by atoms with Gasteiger partial charge in [-0.3, -0.25) is 9.59 Å². The number of carbonyl (C=O) groups excluding carboxylic acids is 2. The van der Waals surface area contributed by atoms with Gasteiger partial charge < -0.3 is 9.80 Å². The minimum absolute atomic E-state index is 0.0447. The molecule has 2 aliphatic heterocycles. The molecule has 1 aromatic rings. The molecule has 20 heavy (non-hydrogen) atoms. The average Bonchev–Trinajstić information content (AvgIpc) is 2.51. The summed E-state index contributed by atoms with van der Waals surface area (Å²) in [4.78, 5) is 28.4. The standard InChI is InChI=1S/C16H20N2O2/c1-12(13-7-3-2-4-8-13)18-11-15(19)17-10-6-5-9-14(17)16(18)20/h2-4,7-8,12,14H,5-6,9-11H2,1H3. The van der Waals surface area contributed by atoms with E-state index in [-0.39, 0.29) is 30.4 Å². The highest BCUT2D eigenvalue weighted by Crippen LogP contribution is 2.28. The van der Waals surface area contributed by atoms with Crippen LogP contribution in [0.5, 0.6) is 0 Å². The molecule has 2 aliphatic rings. The van der Waals surface area contributed by atoms with Crippen LogP contribution in [-0.4, -0.2) is 40.7 Å². The van der Waals surface area contributed by atoms with Gasteiger partial charge in [0.25, 0.3) is 0 Å². The maximum atomic E-state index is 12.7. The summed E-state index contributed by atoms with van der Waals surface area (Å²) in [6.45, 7) is 2.95. The first kappa shape index (κ1) is 13.2. The lowest BCUT2D eigenvalue weighted by atomic mass is 9.96. The summed E-state index contributed by atoms with van der Waals surface area (Å²) in [7, 11) is 0. The van der Waals surface area contributed by atoms with Gasteiger partial charge in [-0.2, -0.15) is 0 Å². The third-order valence-corrected chi connectivity index (χ3v) is 4.45. The zero-order chi connectivity index (χ0) is 14.1. The Kier molecular flexibility index (Phi) is 3.47. The first-order chi connectivity index (χ1) is 9.68. The van der Waals surface area contributed by atoms with Crippen molar-refractivity contribution in [3.63, 3.8) is 0 Å². The normalized spacial score (nSPS) is 24.6. The first-order valence-electron chi connectivity index (χ1n) is 7.33.